The number of nitrogens with zero attached hydrogens (tertiary/aromatic N) is 3. The van der Waals surface area contributed by atoms with Crippen LogP contribution in [0.3, 0.4) is 0 Å². The van der Waals surface area contributed by atoms with Crippen LogP contribution in [0.4, 0.5) is 0 Å². The Morgan fingerprint density at radius 1 is 1.12 bits per heavy atom. The molecule has 0 N–H and O–H groups in total. The summed E-state index contributed by atoms with van der Waals surface area (Å²) in [7, 11) is 0. The summed E-state index contributed by atoms with van der Waals surface area (Å²) < 4.78 is 1.66. The standard InChI is InChI=1S/C19H23N3O2/c1-13-9-14(2)12-21(11-13)19(24)18-17(23)10-15(3)22(20-18)16-7-5-4-6-8-16/h4-8,10,13-14H,9,11-12H2,1-3H3. The predicted octanol–water partition coefficient (Wildman–Crippen LogP) is 2.66. The van der Waals surface area contributed by atoms with Gasteiger partial charge < -0.3 is 4.90 Å². The number of carbonyl (C=O) groups is 1. The SMILES string of the molecule is Cc1cc(=O)c(C(=O)N2CC(C)CC(C)C2)nn1-c1ccccc1. The first-order valence-electron chi connectivity index (χ1n) is 8.41. The fraction of sp³-hybridized carbons (Fsp3) is 0.421. The van der Waals surface area contributed by atoms with Crippen molar-refractivity contribution in [2.24, 2.45) is 11.8 Å². The van der Waals surface area contributed by atoms with Gasteiger partial charge in [0.15, 0.2) is 5.69 Å². The first-order chi connectivity index (χ1) is 11.5. The van der Waals surface area contributed by atoms with Gasteiger partial charge in [-0.05, 0) is 37.3 Å². The van der Waals surface area contributed by atoms with Crippen molar-refractivity contribution in [1.29, 1.82) is 0 Å². The van der Waals surface area contributed by atoms with Gasteiger partial charge in [-0.3, -0.25) is 9.59 Å². The third kappa shape index (κ3) is 3.25. The van der Waals surface area contributed by atoms with Crippen LogP contribution >= 0.6 is 0 Å². The highest BCUT2D eigenvalue weighted by Crippen LogP contribution is 2.21. The highest BCUT2D eigenvalue weighted by molar-refractivity contribution is 5.92. The lowest BCUT2D eigenvalue weighted by Crippen LogP contribution is -2.44. The number of carbonyl (C=O) groups excluding carboxylic acids is 1. The summed E-state index contributed by atoms with van der Waals surface area (Å²) in [6.45, 7) is 7.47. The van der Waals surface area contributed by atoms with Crippen LogP contribution in [0.25, 0.3) is 5.69 Å². The largest absolute Gasteiger partial charge is 0.337 e. The van der Waals surface area contributed by atoms with Crippen molar-refractivity contribution in [3.8, 4) is 5.69 Å². The Kier molecular flexibility index (Phi) is 4.51. The number of hydrogen-bond donors (Lipinski definition) is 0. The van der Waals surface area contributed by atoms with E-state index in [1.165, 1.54) is 6.07 Å². The van der Waals surface area contributed by atoms with E-state index >= 15 is 0 Å². The molecule has 1 saturated heterocycles. The zero-order valence-electron chi connectivity index (χ0n) is 14.4. The van der Waals surface area contributed by atoms with Gasteiger partial charge in [-0.25, -0.2) is 4.68 Å². The van der Waals surface area contributed by atoms with Gasteiger partial charge in [0.05, 0.1) is 5.69 Å². The minimum absolute atomic E-state index is 0.00533. The van der Waals surface area contributed by atoms with E-state index in [1.807, 2.05) is 37.3 Å². The molecule has 1 aromatic heterocycles. The number of rotatable bonds is 2. The van der Waals surface area contributed by atoms with Gasteiger partial charge in [-0.1, -0.05) is 32.0 Å². The molecule has 2 atom stereocenters. The second-order valence-corrected chi connectivity index (χ2v) is 6.90. The van der Waals surface area contributed by atoms with Crippen molar-refractivity contribution in [1.82, 2.24) is 14.7 Å². The smallest absolute Gasteiger partial charge is 0.278 e. The summed E-state index contributed by atoms with van der Waals surface area (Å²) >= 11 is 0. The van der Waals surface area contributed by atoms with E-state index < -0.39 is 0 Å². The lowest BCUT2D eigenvalue weighted by atomic mass is 9.92. The lowest BCUT2D eigenvalue weighted by Gasteiger charge is -2.34. The number of aromatic nitrogens is 2. The van der Waals surface area contributed by atoms with Crippen molar-refractivity contribution in [2.45, 2.75) is 27.2 Å². The van der Waals surface area contributed by atoms with Crippen LogP contribution in [0, 0.1) is 18.8 Å². The number of hydrogen-bond acceptors (Lipinski definition) is 3. The number of amides is 1. The first kappa shape index (κ1) is 16.4. The maximum atomic E-state index is 12.9. The van der Waals surface area contributed by atoms with Gasteiger partial charge in [0.1, 0.15) is 0 Å². The molecule has 2 unspecified atom stereocenters. The Morgan fingerprint density at radius 3 is 2.38 bits per heavy atom. The average molecular weight is 325 g/mol. The highest BCUT2D eigenvalue weighted by Gasteiger charge is 2.28. The summed E-state index contributed by atoms with van der Waals surface area (Å²) in [4.78, 5) is 27.0. The van der Waals surface area contributed by atoms with Crippen LogP contribution in [0.2, 0.25) is 0 Å². The lowest BCUT2D eigenvalue weighted by molar-refractivity contribution is 0.0613. The molecule has 24 heavy (non-hydrogen) atoms. The topological polar surface area (TPSA) is 55.2 Å². The zero-order valence-corrected chi connectivity index (χ0v) is 14.4. The molecule has 0 saturated carbocycles. The Morgan fingerprint density at radius 2 is 1.75 bits per heavy atom. The third-order valence-corrected chi connectivity index (χ3v) is 4.47. The van der Waals surface area contributed by atoms with Gasteiger partial charge in [0.2, 0.25) is 5.43 Å². The van der Waals surface area contributed by atoms with Crippen LogP contribution in [0.5, 0.6) is 0 Å². The summed E-state index contributed by atoms with van der Waals surface area (Å²) in [5.74, 6) is 0.627. The predicted molar refractivity (Wildman–Crippen MR) is 93.4 cm³/mol. The van der Waals surface area contributed by atoms with Gasteiger partial charge in [-0.2, -0.15) is 5.10 Å². The second kappa shape index (κ2) is 6.59. The quantitative estimate of drug-likeness (QED) is 0.853. The molecule has 5 nitrogen and oxygen atoms in total. The molecule has 1 amide bonds. The van der Waals surface area contributed by atoms with E-state index in [9.17, 15) is 9.59 Å². The van der Waals surface area contributed by atoms with Gasteiger partial charge in [0, 0.05) is 24.8 Å². The van der Waals surface area contributed by atoms with Gasteiger partial charge in [0.25, 0.3) is 5.91 Å². The molecule has 5 heteroatoms. The molecule has 1 aliphatic rings. The van der Waals surface area contributed by atoms with E-state index in [0.29, 0.717) is 30.6 Å². The Hall–Kier alpha value is -2.43. The molecule has 1 aromatic carbocycles. The van der Waals surface area contributed by atoms with Crippen molar-refractivity contribution in [3.63, 3.8) is 0 Å². The Labute approximate surface area is 141 Å². The van der Waals surface area contributed by atoms with Crippen molar-refractivity contribution >= 4 is 5.91 Å². The second-order valence-electron chi connectivity index (χ2n) is 6.90. The maximum Gasteiger partial charge on any atom is 0.278 e. The summed E-state index contributed by atoms with van der Waals surface area (Å²) in [6.07, 6.45) is 1.11. The van der Waals surface area contributed by atoms with Crippen molar-refractivity contribution in [3.05, 3.63) is 58.0 Å². The molecule has 1 fully saturated rings. The minimum Gasteiger partial charge on any atom is -0.337 e. The first-order valence-corrected chi connectivity index (χ1v) is 8.41. The number of aryl methyl sites for hydroxylation is 1. The van der Waals surface area contributed by atoms with Gasteiger partial charge >= 0.3 is 0 Å². The summed E-state index contributed by atoms with van der Waals surface area (Å²) in [5, 5.41) is 4.38. The molecular formula is C19H23N3O2. The average Bonchev–Trinajstić information content (AvgIpc) is 2.54. The van der Waals surface area contributed by atoms with E-state index in [2.05, 4.69) is 18.9 Å². The molecule has 3 rings (SSSR count). The fourth-order valence-electron chi connectivity index (χ4n) is 3.50. The molecule has 2 aromatic rings. The highest BCUT2D eigenvalue weighted by atomic mass is 16.2. The number of piperidine rings is 1. The number of likely N-dealkylation sites (tertiary alicyclic amines) is 1. The van der Waals surface area contributed by atoms with Crippen LogP contribution in [0.15, 0.2) is 41.2 Å². The number of benzene rings is 1. The molecule has 0 bridgehead atoms. The van der Waals surface area contributed by atoms with E-state index in [4.69, 9.17) is 0 Å². The monoisotopic (exact) mass is 325 g/mol. The van der Waals surface area contributed by atoms with E-state index in [1.54, 1.807) is 9.58 Å². The van der Waals surface area contributed by atoms with E-state index in [0.717, 1.165) is 12.1 Å². The third-order valence-electron chi connectivity index (χ3n) is 4.47. The van der Waals surface area contributed by atoms with Crippen LogP contribution in [-0.2, 0) is 0 Å². The van der Waals surface area contributed by atoms with Crippen LogP contribution in [-0.4, -0.2) is 33.7 Å². The molecular weight excluding hydrogens is 302 g/mol. The van der Waals surface area contributed by atoms with Gasteiger partial charge in [-0.15, -0.1) is 0 Å². The zero-order chi connectivity index (χ0) is 17.3. The molecule has 2 heterocycles. The molecule has 0 radical (unpaired) electrons. The van der Waals surface area contributed by atoms with Crippen LogP contribution < -0.4 is 5.43 Å². The maximum absolute atomic E-state index is 12.9. The van der Waals surface area contributed by atoms with Crippen LogP contribution in [0.1, 0.15) is 36.5 Å². The van der Waals surface area contributed by atoms with Crippen molar-refractivity contribution < 1.29 is 4.79 Å². The molecule has 126 valence electrons. The summed E-state index contributed by atoms with van der Waals surface area (Å²) in [5.41, 5.74) is 1.24. The normalized spacial score (nSPS) is 20.9. The Balaban J connectivity index is 1.99. The Bertz CT molecular complexity index is 788. The molecule has 0 spiro atoms. The fourth-order valence-corrected chi connectivity index (χ4v) is 3.50. The summed E-state index contributed by atoms with van der Waals surface area (Å²) in [6, 6.07) is 11.0. The number of para-hydroxylation sites is 1. The van der Waals surface area contributed by atoms with Crippen molar-refractivity contribution in [2.75, 3.05) is 13.1 Å². The molecule has 0 aliphatic carbocycles. The molecule has 1 aliphatic heterocycles. The van der Waals surface area contributed by atoms with E-state index in [-0.39, 0.29) is 17.0 Å². The minimum atomic E-state index is -0.310.